The number of hydrogen-bond donors (Lipinski definition) is 1. The Morgan fingerprint density at radius 1 is 0.929 bits per heavy atom. The van der Waals surface area contributed by atoms with Crippen LogP contribution in [0.5, 0.6) is 5.75 Å². The average molecular weight is 378 g/mol. The van der Waals surface area contributed by atoms with Gasteiger partial charge < -0.3 is 9.84 Å². The first-order valence-electron chi connectivity index (χ1n) is 9.79. The number of aromatic hydroxyl groups is 1. The molecule has 2 aliphatic heterocycles. The first-order chi connectivity index (χ1) is 13.1. The van der Waals surface area contributed by atoms with Gasteiger partial charge in [-0.15, -0.1) is 0 Å². The average Bonchev–Trinajstić information content (AvgIpc) is 2.75. The van der Waals surface area contributed by atoms with Gasteiger partial charge in [-0.2, -0.15) is 4.89 Å². The Hall–Kier alpha value is -2.14. The van der Waals surface area contributed by atoms with Gasteiger partial charge in [-0.25, -0.2) is 4.89 Å². The summed E-state index contributed by atoms with van der Waals surface area (Å²) in [5.41, 5.74) is -0.393. The number of benzene rings is 3. The van der Waals surface area contributed by atoms with Crippen molar-refractivity contribution in [3.8, 4) is 5.75 Å². The highest BCUT2D eigenvalue weighted by Crippen LogP contribution is 2.70. The summed E-state index contributed by atoms with van der Waals surface area (Å²) in [6, 6.07) is 15.9. The zero-order chi connectivity index (χ0) is 19.9. The number of phenols is 1. The SMILES string of the molecule is CC(C)(C)C12OOC1(c1cc(O)cc3ccc4ccccc4c13)OCC2(C)C. The molecule has 0 aliphatic carbocycles. The molecule has 28 heavy (non-hydrogen) atoms. The Bertz CT molecular complexity index is 1110. The monoisotopic (exact) mass is 378 g/mol. The Labute approximate surface area is 164 Å². The van der Waals surface area contributed by atoms with E-state index in [-0.39, 0.29) is 16.6 Å². The van der Waals surface area contributed by atoms with Gasteiger partial charge in [0.2, 0.25) is 0 Å². The maximum absolute atomic E-state index is 10.5. The number of fused-ring (bicyclic) bond motifs is 4. The van der Waals surface area contributed by atoms with Crippen LogP contribution in [0.3, 0.4) is 0 Å². The lowest BCUT2D eigenvalue weighted by Crippen LogP contribution is -2.73. The van der Waals surface area contributed by atoms with E-state index in [2.05, 4.69) is 52.8 Å². The second-order valence-electron chi connectivity index (χ2n) is 9.77. The van der Waals surface area contributed by atoms with Crippen LogP contribution < -0.4 is 0 Å². The first kappa shape index (κ1) is 17.9. The van der Waals surface area contributed by atoms with Gasteiger partial charge in [0, 0.05) is 16.4 Å². The van der Waals surface area contributed by atoms with E-state index in [1.54, 1.807) is 12.1 Å². The zero-order valence-electron chi connectivity index (χ0n) is 17.0. The molecule has 2 saturated heterocycles. The van der Waals surface area contributed by atoms with Crippen molar-refractivity contribution in [2.24, 2.45) is 10.8 Å². The third-order valence-corrected chi connectivity index (χ3v) is 6.57. The van der Waals surface area contributed by atoms with E-state index in [4.69, 9.17) is 14.5 Å². The molecule has 2 fully saturated rings. The van der Waals surface area contributed by atoms with Crippen molar-refractivity contribution in [2.75, 3.05) is 6.61 Å². The highest BCUT2D eigenvalue weighted by molar-refractivity contribution is 6.10. The molecule has 5 rings (SSSR count). The van der Waals surface area contributed by atoms with Crippen LogP contribution in [0.2, 0.25) is 0 Å². The van der Waals surface area contributed by atoms with E-state index in [0.717, 1.165) is 27.1 Å². The van der Waals surface area contributed by atoms with Gasteiger partial charge in [0.1, 0.15) is 5.75 Å². The van der Waals surface area contributed by atoms with Gasteiger partial charge in [-0.1, -0.05) is 71.0 Å². The molecule has 0 bridgehead atoms. The second-order valence-corrected chi connectivity index (χ2v) is 9.77. The van der Waals surface area contributed by atoms with Crippen molar-refractivity contribution in [1.29, 1.82) is 0 Å². The molecule has 4 heteroatoms. The summed E-state index contributed by atoms with van der Waals surface area (Å²) in [5.74, 6) is -0.880. The molecule has 0 spiro atoms. The Morgan fingerprint density at radius 2 is 1.64 bits per heavy atom. The van der Waals surface area contributed by atoms with Gasteiger partial charge in [-0.3, -0.25) is 0 Å². The standard InChI is InChI=1S/C24H26O4/c1-21(2,3)24-22(4,5)14-26-23(24,27-28-24)19-13-17(25)12-16-11-10-15-8-6-7-9-18(15)20(16)19/h6-13,25H,14H2,1-5H3. The van der Waals surface area contributed by atoms with Crippen molar-refractivity contribution in [3.63, 3.8) is 0 Å². The smallest absolute Gasteiger partial charge is 0.262 e. The minimum Gasteiger partial charge on any atom is -0.508 e. The van der Waals surface area contributed by atoms with E-state index in [1.165, 1.54) is 0 Å². The van der Waals surface area contributed by atoms with Crippen molar-refractivity contribution in [2.45, 2.75) is 46.0 Å². The first-order valence-corrected chi connectivity index (χ1v) is 9.79. The topological polar surface area (TPSA) is 47.9 Å². The van der Waals surface area contributed by atoms with E-state index < -0.39 is 11.4 Å². The summed E-state index contributed by atoms with van der Waals surface area (Å²) < 4.78 is 6.42. The normalized spacial score (nSPS) is 29.0. The summed E-state index contributed by atoms with van der Waals surface area (Å²) in [4.78, 5) is 11.8. The predicted octanol–water partition coefficient (Wildman–Crippen LogP) is 5.65. The lowest BCUT2D eigenvalue weighted by Gasteiger charge is -2.61. The van der Waals surface area contributed by atoms with Gasteiger partial charge in [-0.05, 0) is 33.7 Å². The Kier molecular flexibility index (Phi) is 3.37. The number of phenolic OH excluding ortho intramolecular Hbond substituents is 1. The lowest BCUT2D eigenvalue weighted by atomic mass is 9.57. The highest BCUT2D eigenvalue weighted by Gasteiger charge is 2.81. The molecule has 0 aromatic heterocycles. The summed E-state index contributed by atoms with van der Waals surface area (Å²) in [6.07, 6.45) is 0. The molecule has 0 amide bonds. The predicted molar refractivity (Wildman–Crippen MR) is 109 cm³/mol. The van der Waals surface area contributed by atoms with Crippen LogP contribution in [0.4, 0.5) is 0 Å². The molecule has 2 unspecified atom stereocenters. The highest BCUT2D eigenvalue weighted by atomic mass is 17.3. The largest absolute Gasteiger partial charge is 0.508 e. The molecular weight excluding hydrogens is 352 g/mol. The number of hydrogen-bond acceptors (Lipinski definition) is 4. The summed E-state index contributed by atoms with van der Waals surface area (Å²) in [5, 5.41) is 14.8. The molecule has 0 radical (unpaired) electrons. The van der Waals surface area contributed by atoms with E-state index in [0.29, 0.717) is 6.61 Å². The van der Waals surface area contributed by atoms with Gasteiger partial charge in [0.15, 0.2) is 5.60 Å². The van der Waals surface area contributed by atoms with Gasteiger partial charge >= 0.3 is 0 Å². The maximum Gasteiger partial charge on any atom is 0.262 e. The third kappa shape index (κ3) is 1.91. The summed E-state index contributed by atoms with van der Waals surface area (Å²) in [6.45, 7) is 11.3. The van der Waals surface area contributed by atoms with E-state index in [9.17, 15) is 5.11 Å². The fourth-order valence-corrected chi connectivity index (χ4v) is 5.60. The molecule has 2 atom stereocenters. The quantitative estimate of drug-likeness (QED) is 0.439. The van der Waals surface area contributed by atoms with Crippen LogP contribution in [0, 0.1) is 10.8 Å². The molecule has 2 heterocycles. The van der Waals surface area contributed by atoms with Crippen molar-refractivity contribution in [1.82, 2.24) is 0 Å². The molecule has 3 aromatic carbocycles. The van der Waals surface area contributed by atoms with E-state index in [1.807, 2.05) is 18.2 Å². The molecule has 2 aliphatic rings. The van der Waals surface area contributed by atoms with Crippen molar-refractivity contribution < 1.29 is 19.6 Å². The summed E-state index contributed by atoms with van der Waals surface area (Å²) in [7, 11) is 0. The number of rotatable bonds is 1. The van der Waals surface area contributed by atoms with Crippen LogP contribution in [-0.4, -0.2) is 17.3 Å². The fraction of sp³-hybridized carbons (Fsp3) is 0.417. The van der Waals surface area contributed by atoms with Crippen LogP contribution in [0.25, 0.3) is 21.5 Å². The lowest BCUT2D eigenvalue weighted by molar-refractivity contribution is -0.626. The van der Waals surface area contributed by atoms with Gasteiger partial charge in [0.25, 0.3) is 5.79 Å². The van der Waals surface area contributed by atoms with Gasteiger partial charge in [0.05, 0.1) is 6.61 Å². The number of ether oxygens (including phenoxy) is 1. The fourth-order valence-electron chi connectivity index (χ4n) is 5.60. The van der Waals surface area contributed by atoms with Crippen LogP contribution in [0.15, 0.2) is 48.5 Å². The van der Waals surface area contributed by atoms with Crippen LogP contribution >= 0.6 is 0 Å². The van der Waals surface area contributed by atoms with Crippen LogP contribution in [0.1, 0.15) is 40.2 Å². The van der Waals surface area contributed by atoms with Crippen molar-refractivity contribution in [3.05, 3.63) is 54.1 Å². The third-order valence-electron chi connectivity index (χ3n) is 6.57. The minimum atomic E-state index is -1.07. The second kappa shape index (κ2) is 5.26. The molecule has 3 aromatic rings. The summed E-state index contributed by atoms with van der Waals surface area (Å²) >= 11 is 0. The minimum absolute atomic E-state index is 0.193. The van der Waals surface area contributed by atoms with E-state index >= 15 is 0 Å². The Balaban J connectivity index is 1.91. The van der Waals surface area contributed by atoms with Crippen LogP contribution in [-0.2, 0) is 20.3 Å². The molecule has 1 N–H and O–H groups in total. The maximum atomic E-state index is 10.5. The molecule has 0 saturated carbocycles. The van der Waals surface area contributed by atoms with Crippen molar-refractivity contribution >= 4 is 21.5 Å². The molecular formula is C24H26O4. The molecule has 4 nitrogen and oxygen atoms in total. The Morgan fingerprint density at radius 3 is 2.32 bits per heavy atom. The zero-order valence-corrected chi connectivity index (χ0v) is 17.0. The molecule has 146 valence electrons.